The van der Waals surface area contributed by atoms with E-state index in [-0.39, 0.29) is 11.8 Å². The second-order valence-electron chi connectivity index (χ2n) is 5.30. The molecule has 5 heteroatoms. The molecule has 0 saturated carbocycles. The molecule has 2 rings (SSSR count). The number of amides is 2. The van der Waals surface area contributed by atoms with Crippen LogP contribution in [0.5, 0.6) is 0 Å². The number of carbonyl (C=O) groups is 2. The third-order valence-electron chi connectivity index (χ3n) is 3.17. The topological polar surface area (TPSA) is 49.4 Å². The number of nitrogens with zero attached hydrogens (tertiary/aromatic N) is 1. The van der Waals surface area contributed by atoms with E-state index in [4.69, 9.17) is 0 Å². The number of thioether (sulfide) groups is 1. The highest BCUT2D eigenvalue weighted by Crippen LogP contribution is 2.14. The standard InChI is InChI=1S/C18H20N2O2S/c1-20(2)18(22)15-8-10-16(11-9-15)19-17(21)13-23-12-14-6-4-3-5-7-14/h3-11H,12-13H2,1-2H3,(H,19,21). The molecule has 0 unspecified atom stereocenters. The lowest BCUT2D eigenvalue weighted by atomic mass is 10.2. The van der Waals surface area contributed by atoms with Crippen LogP contribution in [0.2, 0.25) is 0 Å². The minimum atomic E-state index is -0.0544. The van der Waals surface area contributed by atoms with Crippen molar-refractivity contribution in [2.75, 3.05) is 25.2 Å². The molecule has 0 aliphatic heterocycles. The lowest BCUT2D eigenvalue weighted by Gasteiger charge is -2.11. The van der Waals surface area contributed by atoms with E-state index in [1.165, 1.54) is 10.5 Å². The molecule has 0 aliphatic rings. The summed E-state index contributed by atoms with van der Waals surface area (Å²) in [5, 5.41) is 2.84. The maximum absolute atomic E-state index is 11.9. The molecule has 1 N–H and O–H groups in total. The molecule has 0 aliphatic carbocycles. The molecule has 0 aromatic heterocycles. The number of nitrogens with one attached hydrogen (secondary N) is 1. The molecule has 0 bridgehead atoms. The van der Waals surface area contributed by atoms with Gasteiger partial charge in [0.15, 0.2) is 0 Å². The van der Waals surface area contributed by atoms with Gasteiger partial charge < -0.3 is 10.2 Å². The van der Waals surface area contributed by atoms with E-state index in [2.05, 4.69) is 5.32 Å². The second-order valence-corrected chi connectivity index (χ2v) is 6.29. The average molecular weight is 328 g/mol. The van der Waals surface area contributed by atoms with E-state index in [0.717, 1.165) is 5.75 Å². The second kappa shape index (κ2) is 8.39. The SMILES string of the molecule is CN(C)C(=O)c1ccc(NC(=O)CSCc2ccccc2)cc1. The van der Waals surface area contributed by atoms with E-state index in [1.54, 1.807) is 50.1 Å². The maximum Gasteiger partial charge on any atom is 0.253 e. The van der Waals surface area contributed by atoms with Gasteiger partial charge in [-0.3, -0.25) is 9.59 Å². The fourth-order valence-electron chi connectivity index (χ4n) is 1.99. The van der Waals surface area contributed by atoms with Crippen LogP contribution < -0.4 is 5.32 Å². The first-order valence-corrected chi connectivity index (χ1v) is 8.45. The zero-order valence-electron chi connectivity index (χ0n) is 13.3. The molecule has 0 atom stereocenters. The Balaban J connectivity index is 1.80. The summed E-state index contributed by atoms with van der Waals surface area (Å²) in [7, 11) is 3.42. The molecule has 2 amide bonds. The number of anilines is 1. The van der Waals surface area contributed by atoms with E-state index in [9.17, 15) is 9.59 Å². The highest BCUT2D eigenvalue weighted by atomic mass is 32.2. The molecule has 0 saturated heterocycles. The highest BCUT2D eigenvalue weighted by Gasteiger charge is 2.08. The fraction of sp³-hybridized carbons (Fsp3) is 0.222. The molecule has 2 aromatic rings. The molecule has 23 heavy (non-hydrogen) atoms. The van der Waals surface area contributed by atoms with Gasteiger partial charge in [0.25, 0.3) is 5.91 Å². The first kappa shape index (κ1) is 17.1. The van der Waals surface area contributed by atoms with Crippen LogP contribution >= 0.6 is 11.8 Å². The van der Waals surface area contributed by atoms with Crippen molar-refractivity contribution in [3.63, 3.8) is 0 Å². The van der Waals surface area contributed by atoms with E-state index in [1.807, 2.05) is 30.3 Å². The number of rotatable bonds is 6. The first-order chi connectivity index (χ1) is 11.1. The molecule has 120 valence electrons. The van der Waals surface area contributed by atoms with Gasteiger partial charge in [0.05, 0.1) is 5.75 Å². The van der Waals surface area contributed by atoms with Crippen LogP contribution in [-0.4, -0.2) is 36.6 Å². The Morgan fingerprint density at radius 1 is 1.00 bits per heavy atom. The van der Waals surface area contributed by atoms with Crippen molar-refractivity contribution >= 4 is 29.3 Å². The molecule has 2 aromatic carbocycles. The minimum Gasteiger partial charge on any atom is -0.345 e. The van der Waals surface area contributed by atoms with Gasteiger partial charge in [-0.15, -0.1) is 11.8 Å². The lowest BCUT2D eigenvalue weighted by Crippen LogP contribution is -2.21. The Morgan fingerprint density at radius 3 is 2.26 bits per heavy atom. The molecular formula is C18H20N2O2S. The van der Waals surface area contributed by atoms with Gasteiger partial charge in [0, 0.05) is 31.1 Å². The summed E-state index contributed by atoms with van der Waals surface area (Å²) >= 11 is 1.57. The van der Waals surface area contributed by atoms with Crippen molar-refractivity contribution in [2.24, 2.45) is 0 Å². The van der Waals surface area contributed by atoms with Crippen LogP contribution in [0.1, 0.15) is 15.9 Å². The quantitative estimate of drug-likeness (QED) is 0.885. The van der Waals surface area contributed by atoms with Crippen LogP contribution in [0.4, 0.5) is 5.69 Å². The van der Waals surface area contributed by atoms with Crippen LogP contribution in [0, 0.1) is 0 Å². The third-order valence-corrected chi connectivity index (χ3v) is 4.17. The number of hydrogen-bond donors (Lipinski definition) is 1. The van der Waals surface area contributed by atoms with Gasteiger partial charge in [-0.25, -0.2) is 0 Å². The third kappa shape index (κ3) is 5.45. The number of hydrogen-bond acceptors (Lipinski definition) is 3. The Bertz CT molecular complexity index is 654. The minimum absolute atomic E-state index is 0.0439. The van der Waals surface area contributed by atoms with Crippen LogP contribution in [0.3, 0.4) is 0 Å². The number of benzene rings is 2. The molecular weight excluding hydrogens is 308 g/mol. The van der Waals surface area contributed by atoms with Gasteiger partial charge in [0.1, 0.15) is 0 Å². The molecule has 0 fully saturated rings. The summed E-state index contributed by atoms with van der Waals surface area (Å²) in [6.07, 6.45) is 0. The van der Waals surface area contributed by atoms with Gasteiger partial charge in [0.2, 0.25) is 5.91 Å². The first-order valence-electron chi connectivity index (χ1n) is 7.29. The predicted molar refractivity (Wildman–Crippen MR) is 95.7 cm³/mol. The Hall–Kier alpha value is -2.27. The van der Waals surface area contributed by atoms with Crippen LogP contribution in [0.15, 0.2) is 54.6 Å². The zero-order valence-corrected chi connectivity index (χ0v) is 14.1. The van der Waals surface area contributed by atoms with Crippen molar-refractivity contribution in [3.05, 3.63) is 65.7 Å². The van der Waals surface area contributed by atoms with Crippen LogP contribution in [0.25, 0.3) is 0 Å². The van der Waals surface area contributed by atoms with Crippen molar-refractivity contribution in [1.29, 1.82) is 0 Å². The average Bonchev–Trinajstić information content (AvgIpc) is 2.56. The molecule has 4 nitrogen and oxygen atoms in total. The summed E-state index contributed by atoms with van der Waals surface area (Å²) in [4.78, 5) is 25.2. The largest absolute Gasteiger partial charge is 0.345 e. The Labute approximate surface area is 140 Å². The van der Waals surface area contributed by atoms with E-state index in [0.29, 0.717) is 17.0 Å². The molecule has 0 spiro atoms. The smallest absolute Gasteiger partial charge is 0.253 e. The highest BCUT2D eigenvalue weighted by molar-refractivity contribution is 7.99. The fourth-order valence-corrected chi connectivity index (χ4v) is 2.78. The van der Waals surface area contributed by atoms with Crippen LogP contribution in [-0.2, 0) is 10.5 Å². The normalized spacial score (nSPS) is 10.2. The van der Waals surface area contributed by atoms with Gasteiger partial charge in [-0.1, -0.05) is 30.3 Å². The van der Waals surface area contributed by atoms with Gasteiger partial charge in [-0.2, -0.15) is 0 Å². The summed E-state index contributed by atoms with van der Waals surface area (Å²) < 4.78 is 0. The van der Waals surface area contributed by atoms with Gasteiger partial charge in [-0.05, 0) is 29.8 Å². The predicted octanol–water partition coefficient (Wildman–Crippen LogP) is 3.26. The van der Waals surface area contributed by atoms with Crippen molar-refractivity contribution in [3.8, 4) is 0 Å². The van der Waals surface area contributed by atoms with Crippen molar-refractivity contribution in [1.82, 2.24) is 4.90 Å². The van der Waals surface area contributed by atoms with Crippen molar-refractivity contribution in [2.45, 2.75) is 5.75 Å². The van der Waals surface area contributed by atoms with E-state index >= 15 is 0 Å². The zero-order chi connectivity index (χ0) is 16.7. The molecule has 0 heterocycles. The van der Waals surface area contributed by atoms with E-state index < -0.39 is 0 Å². The van der Waals surface area contributed by atoms with Crippen molar-refractivity contribution < 1.29 is 9.59 Å². The molecule has 0 radical (unpaired) electrons. The Morgan fingerprint density at radius 2 is 1.65 bits per heavy atom. The summed E-state index contributed by atoms with van der Waals surface area (Å²) in [5.74, 6) is 1.11. The summed E-state index contributed by atoms with van der Waals surface area (Å²) in [6, 6.07) is 17.0. The maximum atomic E-state index is 11.9. The summed E-state index contributed by atoms with van der Waals surface area (Å²) in [5.41, 5.74) is 2.51. The lowest BCUT2D eigenvalue weighted by molar-refractivity contribution is -0.113. The Kier molecular flexibility index (Phi) is 6.23. The van der Waals surface area contributed by atoms with Gasteiger partial charge >= 0.3 is 0 Å². The number of carbonyl (C=O) groups excluding carboxylic acids is 2. The summed E-state index contributed by atoms with van der Waals surface area (Å²) in [6.45, 7) is 0. The monoisotopic (exact) mass is 328 g/mol.